The van der Waals surface area contributed by atoms with Gasteiger partial charge in [0.15, 0.2) is 4.50 Å². The van der Waals surface area contributed by atoms with Gasteiger partial charge in [-0.1, -0.05) is 41.6 Å². The zero-order valence-electron chi connectivity index (χ0n) is 6.63. The summed E-state index contributed by atoms with van der Waals surface area (Å²) in [5.74, 6) is 0. The van der Waals surface area contributed by atoms with E-state index in [9.17, 15) is 0 Å². The van der Waals surface area contributed by atoms with E-state index in [4.69, 9.17) is 23.2 Å². The number of rotatable bonds is 2. The van der Waals surface area contributed by atoms with Crippen LogP contribution >= 0.6 is 35.0 Å². The Labute approximate surface area is 86.5 Å². The largest absolute Gasteiger partial charge is 0.262 e. The highest BCUT2D eigenvalue weighted by molar-refractivity contribution is 8.20. The lowest BCUT2D eigenvalue weighted by molar-refractivity contribution is 1.22. The topological polar surface area (TPSA) is 12.4 Å². The lowest BCUT2D eigenvalue weighted by Gasteiger charge is -1.90. The van der Waals surface area contributed by atoms with Gasteiger partial charge >= 0.3 is 0 Å². The highest BCUT2D eigenvalue weighted by Crippen LogP contribution is 2.26. The fourth-order valence-electron chi connectivity index (χ4n) is 0.716. The van der Waals surface area contributed by atoms with Crippen molar-refractivity contribution in [2.24, 2.45) is 4.99 Å². The van der Waals surface area contributed by atoms with Crippen molar-refractivity contribution in [2.75, 3.05) is 6.54 Å². The minimum atomic E-state index is 0.0737. The van der Waals surface area contributed by atoms with Crippen molar-refractivity contribution >= 4 is 39.5 Å². The summed E-state index contributed by atoms with van der Waals surface area (Å²) in [4.78, 5) is 5.19. The molecule has 1 atom stereocenters. The Kier molecular flexibility index (Phi) is 4.19. The van der Waals surface area contributed by atoms with Crippen LogP contribution in [-0.4, -0.2) is 16.4 Å². The molecule has 0 amide bonds. The van der Waals surface area contributed by atoms with Crippen LogP contribution < -0.4 is 0 Å². The zero-order chi connectivity index (χ0) is 8.97. The van der Waals surface area contributed by atoms with Crippen molar-refractivity contribution < 1.29 is 0 Å². The van der Waals surface area contributed by atoms with Gasteiger partial charge in [0.1, 0.15) is 0 Å². The SMILES string of the molecule is CC(Cl)/C=C\C=C1/CN=C(Cl)S1. The van der Waals surface area contributed by atoms with Gasteiger partial charge in [-0.3, -0.25) is 4.99 Å². The van der Waals surface area contributed by atoms with Crippen LogP contribution in [0.25, 0.3) is 0 Å². The lowest BCUT2D eigenvalue weighted by Crippen LogP contribution is -1.80. The monoisotopic (exact) mass is 221 g/mol. The number of aliphatic imine (C=N–C) groups is 1. The van der Waals surface area contributed by atoms with Crippen molar-refractivity contribution in [3.05, 3.63) is 23.1 Å². The summed E-state index contributed by atoms with van der Waals surface area (Å²) >= 11 is 12.9. The second kappa shape index (κ2) is 4.95. The van der Waals surface area contributed by atoms with Gasteiger partial charge in [0.05, 0.1) is 6.54 Å². The van der Waals surface area contributed by atoms with E-state index < -0.39 is 0 Å². The molecule has 1 aliphatic rings. The Hall–Kier alpha value is 0.0800. The van der Waals surface area contributed by atoms with Crippen molar-refractivity contribution in [3.63, 3.8) is 0 Å². The first-order valence-electron chi connectivity index (χ1n) is 3.57. The molecule has 0 aromatic rings. The molecule has 0 saturated carbocycles. The predicted molar refractivity (Wildman–Crippen MR) is 58.3 cm³/mol. The Morgan fingerprint density at radius 1 is 1.67 bits per heavy atom. The number of halogens is 2. The van der Waals surface area contributed by atoms with E-state index in [1.54, 1.807) is 0 Å². The molecule has 0 radical (unpaired) electrons. The summed E-state index contributed by atoms with van der Waals surface area (Å²) in [6.07, 6.45) is 5.84. The Morgan fingerprint density at radius 2 is 2.42 bits per heavy atom. The van der Waals surface area contributed by atoms with E-state index in [0.29, 0.717) is 11.0 Å². The molecule has 12 heavy (non-hydrogen) atoms. The first kappa shape index (κ1) is 10.2. The van der Waals surface area contributed by atoms with Gasteiger partial charge < -0.3 is 0 Å². The second-order valence-electron chi connectivity index (χ2n) is 2.37. The third-order valence-corrected chi connectivity index (χ3v) is 2.55. The van der Waals surface area contributed by atoms with Crippen LogP contribution in [0.2, 0.25) is 0 Å². The third-order valence-electron chi connectivity index (χ3n) is 1.23. The number of allylic oxidation sites excluding steroid dienone is 3. The molecule has 0 spiro atoms. The molecule has 1 aliphatic heterocycles. The van der Waals surface area contributed by atoms with Gasteiger partial charge in [-0.05, 0) is 6.92 Å². The molecule has 1 nitrogen and oxygen atoms in total. The minimum Gasteiger partial charge on any atom is -0.262 e. The smallest absolute Gasteiger partial charge is 0.163 e. The fourth-order valence-corrected chi connectivity index (χ4v) is 1.78. The predicted octanol–water partition coefficient (Wildman–Crippen LogP) is 3.40. The molecule has 0 aromatic heterocycles. The van der Waals surface area contributed by atoms with E-state index in [0.717, 1.165) is 4.91 Å². The van der Waals surface area contributed by atoms with Crippen LogP contribution in [-0.2, 0) is 0 Å². The summed E-state index contributed by atoms with van der Waals surface area (Å²) in [5, 5.41) is 0.0737. The van der Waals surface area contributed by atoms with Crippen LogP contribution in [0.15, 0.2) is 28.1 Å². The van der Waals surface area contributed by atoms with E-state index in [-0.39, 0.29) is 5.38 Å². The molecule has 1 heterocycles. The van der Waals surface area contributed by atoms with Crippen molar-refractivity contribution in [1.29, 1.82) is 0 Å². The van der Waals surface area contributed by atoms with E-state index in [1.165, 1.54) is 11.8 Å². The maximum absolute atomic E-state index is 5.71. The molecule has 4 heteroatoms. The standard InChI is InChI=1S/C8H9Cl2NS/c1-6(9)3-2-4-7-5-11-8(10)12-7/h2-4,6H,5H2,1H3/b3-2-,7-4+. The molecule has 0 N–H and O–H groups in total. The summed E-state index contributed by atoms with van der Waals surface area (Å²) in [7, 11) is 0. The van der Waals surface area contributed by atoms with Crippen molar-refractivity contribution in [3.8, 4) is 0 Å². The fraction of sp³-hybridized carbons (Fsp3) is 0.375. The Balaban J connectivity index is 2.40. The Bertz CT molecular complexity index is 243. The molecule has 1 rings (SSSR count). The highest BCUT2D eigenvalue weighted by atomic mass is 35.5. The molecule has 0 fully saturated rings. The number of nitrogens with zero attached hydrogens (tertiary/aromatic N) is 1. The van der Waals surface area contributed by atoms with Crippen molar-refractivity contribution in [2.45, 2.75) is 12.3 Å². The molecular formula is C8H9Cl2NS. The molecule has 1 unspecified atom stereocenters. The molecule has 0 bridgehead atoms. The van der Waals surface area contributed by atoms with E-state index in [1.807, 2.05) is 25.2 Å². The first-order valence-corrected chi connectivity index (χ1v) is 5.21. The van der Waals surface area contributed by atoms with Crippen LogP contribution in [0, 0.1) is 0 Å². The van der Waals surface area contributed by atoms with Gasteiger partial charge in [0.2, 0.25) is 0 Å². The summed E-state index contributed by atoms with van der Waals surface area (Å²) in [5.41, 5.74) is 0. The lowest BCUT2D eigenvalue weighted by atomic mass is 10.4. The van der Waals surface area contributed by atoms with Gasteiger partial charge in [-0.2, -0.15) is 0 Å². The molecule has 0 saturated heterocycles. The average Bonchev–Trinajstić information content (AvgIpc) is 2.35. The first-order chi connectivity index (χ1) is 5.68. The molecule has 66 valence electrons. The average molecular weight is 222 g/mol. The van der Waals surface area contributed by atoms with Gasteiger partial charge in [-0.25, -0.2) is 0 Å². The van der Waals surface area contributed by atoms with Crippen LogP contribution in [0.5, 0.6) is 0 Å². The second-order valence-corrected chi connectivity index (χ2v) is 4.75. The Morgan fingerprint density at radius 3 is 2.92 bits per heavy atom. The zero-order valence-corrected chi connectivity index (χ0v) is 8.96. The van der Waals surface area contributed by atoms with Crippen molar-refractivity contribution in [1.82, 2.24) is 0 Å². The van der Waals surface area contributed by atoms with Crippen LogP contribution in [0.3, 0.4) is 0 Å². The number of thioether (sulfide) groups is 1. The van der Waals surface area contributed by atoms with Gasteiger partial charge in [0, 0.05) is 10.3 Å². The molecule has 0 aliphatic carbocycles. The number of alkyl halides is 1. The van der Waals surface area contributed by atoms with Gasteiger partial charge in [-0.15, -0.1) is 11.6 Å². The molecular weight excluding hydrogens is 213 g/mol. The third kappa shape index (κ3) is 3.65. The highest BCUT2D eigenvalue weighted by Gasteiger charge is 2.08. The van der Waals surface area contributed by atoms with Gasteiger partial charge in [0.25, 0.3) is 0 Å². The van der Waals surface area contributed by atoms with E-state index in [2.05, 4.69) is 4.99 Å². The van der Waals surface area contributed by atoms with Crippen LogP contribution in [0.4, 0.5) is 0 Å². The number of hydrogen-bond acceptors (Lipinski definition) is 2. The minimum absolute atomic E-state index is 0.0737. The summed E-state index contributed by atoms with van der Waals surface area (Å²) in [6.45, 7) is 2.62. The summed E-state index contributed by atoms with van der Waals surface area (Å²) in [6, 6.07) is 0. The maximum atomic E-state index is 5.71. The quantitative estimate of drug-likeness (QED) is 0.652. The number of hydrogen-bond donors (Lipinski definition) is 0. The van der Waals surface area contributed by atoms with Crippen LogP contribution in [0.1, 0.15) is 6.92 Å². The molecule has 0 aromatic carbocycles. The normalized spacial score (nSPS) is 23.6. The summed E-state index contributed by atoms with van der Waals surface area (Å²) < 4.78 is 0.619. The van der Waals surface area contributed by atoms with E-state index >= 15 is 0 Å². The maximum Gasteiger partial charge on any atom is 0.163 e.